The molecule has 0 unspecified atom stereocenters. The first-order chi connectivity index (χ1) is 9.01. The summed E-state index contributed by atoms with van der Waals surface area (Å²) < 4.78 is 2.08. The standard InChI is InChI=1S/C16H23N3/c1-5-6-11-19-15-10-8-7-9-13(15)14(18-19)12-17-16(2,3)4/h5,7-10,17H,1,6,11-12H2,2-4H3. The zero-order valence-electron chi connectivity index (χ0n) is 12.1. The summed E-state index contributed by atoms with van der Waals surface area (Å²) in [6, 6.07) is 8.41. The lowest BCUT2D eigenvalue weighted by Gasteiger charge is -2.19. The van der Waals surface area contributed by atoms with Gasteiger partial charge in [-0.2, -0.15) is 5.10 Å². The number of hydrogen-bond acceptors (Lipinski definition) is 2. The second-order valence-electron chi connectivity index (χ2n) is 5.87. The molecule has 0 amide bonds. The van der Waals surface area contributed by atoms with Gasteiger partial charge in [0.1, 0.15) is 0 Å². The van der Waals surface area contributed by atoms with Crippen molar-refractivity contribution in [3.63, 3.8) is 0 Å². The van der Waals surface area contributed by atoms with Gasteiger partial charge in [-0.25, -0.2) is 0 Å². The van der Waals surface area contributed by atoms with Crippen molar-refractivity contribution < 1.29 is 0 Å². The van der Waals surface area contributed by atoms with Gasteiger partial charge in [0, 0.05) is 24.0 Å². The molecule has 1 aromatic carbocycles. The van der Waals surface area contributed by atoms with Gasteiger partial charge in [-0.1, -0.05) is 24.3 Å². The van der Waals surface area contributed by atoms with Gasteiger partial charge in [0.15, 0.2) is 0 Å². The molecular weight excluding hydrogens is 234 g/mol. The van der Waals surface area contributed by atoms with Crippen molar-refractivity contribution in [2.45, 2.75) is 45.8 Å². The summed E-state index contributed by atoms with van der Waals surface area (Å²) in [5.41, 5.74) is 2.43. The van der Waals surface area contributed by atoms with Crippen molar-refractivity contribution in [3.8, 4) is 0 Å². The molecule has 1 heterocycles. The maximum absolute atomic E-state index is 4.74. The van der Waals surface area contributed by atoms with E-state index in [1.54, 1.807) is 0 Å². The van der Waals surface area contributed by atoms with E-state index in [-0.39, 0.29) is 5.54 Å². The lowest BCUT2D eigenvalue weighted by Crippen LogP contribution is -2.35. The van der Waals surface area contributed by atoms with Gasteiger partial charge in [-0.05, 0) is 33.3 Å². The Morgan fingerprint density at radius 3 is 2.74 bits per heavy atom. The zero-order chi connectivity index (χ0) is 13.9. The average Bonchev–Trinajstić information content (AvgIpc) is 2.72. The second-order valence-corrected chi connectivity index (χ2v) is 5.87. The van der Waals surface area contributed by atoms with Gasteiger partial charge in [0.05, 0.1) is 11.2 Å². The van der Waals surface area contributed by atoms with Crippen LogP contribution >= 0.6 is 0 Å². The first-order valence-electron chi connectivity index (χ1n) is 6.81. The van der Waals surface area contributed by atoms with E-state index in [4.69, 9.17) is 5.10 Å². The number of nitrogens with zero attached hydrogens (tertiary/aromatic N) is 2. The SMILES string of the molecule is C=CCCn1nc(CNC(C)(C)C)c2ccccc21. The van der Waals surface area contributed by atoms with E-state index in [1.807, 2.05) is 6.08 Å². The molecule has 19 heavy (non-hydrogen) atoms. The summed E-state index contributed by atoms with van der Waals surface area (Å²) >= 11 is 0. The largest absolute Gasteiger partial charge is 0.306 e. The summed E-state index contributed by atoms with van der Waals surface area (Å²) in [5.74, 6) is 0. The molecule has 2 rings (SSSR count). The Labute approximate surface area is 115 Å². The zero-order valence-corrected chi connectivity index (χ0v) is 12.1. The predicted molar refractivity (Wildman–Crippen MR) is 81.1 cm³/mol. The summed E-state index contributed by atoms with van der Waals surface area (Å²) in [5, 5.41) is 9.48. The molecule has 0 aliphatic rings. The number of allylic oxidation sites excluding steroid dienone is 1. The number of aromatic nitrogens is 2. The van der Waals surface area contributed by atoms with E-state index in [2.05, 4.69) is 61.6 Å². The van der Waals surface area contributed by atoms with Crippen molar-refractivity contribution in [2.75, 3.05) is 0 Å². The monoisotopic (exact) mass is 257 g/mol. The lowest BCUT2D eigenvalue weighted by atomic mass is 10.1. The Bertz CT molecular complexity index is 561. The summed E-state index contributed by atoms with van der Waals surface area (Å²) in [7, 11) is 0. The Balaban J connectivity index is 2.30. The van der Waals surface area contributed by atoms with E-state index in [9.17, 15) is 0 Å². The highest BCUT2D eigenvalue weighted by atomic mass is 15.3. The lowest BCUT2D eigenvalue weighted by molar-refractivity contribution is 0.420. The van der Waals surface area contributed by atoms with Gasteiger partial charge in [-0.15, -0.1) is 6.58 Å². The smallest absolute Gasteiger partial charge is 0.0841 e. The normalized spacial score (nSPS) is 11.9. The molecule has 3 heteroatoms. The van der Waals surface area contributed by atoms with Gasteiger partial charge in [-0.3, -0.25) is 4.68 Å². The fourth-order valence-electron chi connectivity index (χ4n) is 2.06. The molecule has 1 aromatic heterocycles. The molecule has 0 radical (unpaired) electrons. The second kappa shape index (κ2) is 5.57. The summed E-state index contributed by atoms with van der Waals surface area (Å²) in [6.45, 7) is 12.0. The number of rotatable bonds is 5. The molecule has 0 bridgehead atoms. The molecule has 0 fully saturated rings. The highest BCUT2D eigenvalue weighted by molar-refractivity contribution is 5.81. The fourth-order valence-corrected chi connectivity index (χ4v) is 2.06. The minimum atomic E-state index is 0.103. The summed E-state index contributed by atoms with van der Waals surface area (Å²) in [4.78, 5) is 0. The molecule has 0 spiro atoms. The third-order valence-electron chi connectivity index (χ3n) is 3.07. The van der Waals surface area contributed by atoms with Crippen LogP contribution < -0.4 is 5.32 Å². The minimum Gasteiger partial charge on any atom is -0.306 e. The van der Waals surface area contributed by atoms with Crippen molar-refractivity contribution in [1.29, 1.82) is 0 Å². The highest BCUT2D eigenvalue weighted by Gasteiger charge is 2.13. The van der Waals surface area contributed by atoms with E-state index < -0.39 is 0 Å². The van der Waals surface area contributed by atoms with Gasteiger partial charge < -0.3 is 5.32 Å². The Kier molecular flexibility index (Phi) is 4.05. The van der Waals surface area contributed by atoms with Crippen LogP contribution in [0.3, 0.4) is 0 Å². The Morgan fingerprint density at radius 2 is 2.05 bits per heavy atom. The minimum absolute atomic E-state index is 0.103. The molecule has 0 atom stereocenters. The third kappa shape index (κ3) is 3.44. The number of fused-ring (bicyclic) bond motifs is 1. The molecule has 0 saturated heterocycles. The molecule has 102 valence electrons. The van der Waals surface area contributed by atoms with Gasteiger partial charge in [0.25, 0.3) is 0 Å². The van der Waals surface area contributed by atoms with Crippen molar-refractivity contribution >= 4 is 10.9 Å². The average molecular weight is 257 g/mol. The van der Waals surface area contributed by atoms with Crippen molar-refractivity contribution in [1.82, 2.24) is 15.1 Å². The maximum atomic E-state index is 4.74. The van der Waals surface area contributed by atoms with Crippen LogP contribution in [0.25, 0.3) is 10.9 Å². The van der Waals surface area contributed by atoms with Crippen LogP contribution in [0.15, 0.2) is 36.9 Å². The van der Waals surface area contributed by atoms with E-state index >= 15 is 0 Å². The van der Waals surface area contributed by atoms with Crippen LogP contribution in [0.1, 0.15) is 32.9 Å². The van der Waals surface area contributed by atoms with Gasteiger partial charge >= 0.3 is 0 Å². The van der Waals surface area contributed by atoms with Crippen LogP contribution in [0, 0.1) is 0 Å². The number of aryl methyl sites for hydroxylation is 1. The number of benzene rings is 1. The number of para-hydroxylation sites is 1. The third-order valence-corrected chi connectivity index (χ3v) is 3.07. The first kappa shape index (κ1) is 13.8. The predicted octanol–water partition coefficient (Wildman–Crippen LogP) is 3.50. The molecular formula is C16H23N3. The van der Waals surface area contributed by atoms with Crippen LogP contribution in [-0.2, 0) is 13.1 Å². The molecule has 0 aliphatic heterocycles. The van der Waals surface area contributed by atoms with E-state index in [0.29, 0.717) is 0 Å². The Hall–Kier alpha value is -1.61. The van der Waals surface area contributed by atoms with Crippen LogP contribution in [0.2, 0.25) is 0 Å². The maximum Gasteiger partial charge on any atom is 0.0841 e. The quantitative estimate of drug-likeness (QED) is 0.831. The van der Waals surface area contributed by atoms with Crippen LogP contribution in [0.4, 0.5) is 0 Å². The van der Waals surface area contributed by atoms with Crippen molar-refractivity contribution in [3.05, 3.63) is 42.6 Å². The fraction of sp³-hybridized carbons (Fsp3) is 0.438. The molecule has 3 nitrogen and oxygen atoms in total. The molecule has 0 saturated carbocycles. The Morgan fingerprint density at radius 1 is 1.32 bits per heavy atom. The van der Waals surface area contributed by atoms with Crippen LogP contribution in [-0.4, -0.2) is 15.3 Å². The molecule has 1 N–H and O–H groups in total. The number of nitrogens with one attached hydrogen (secondary N) is 1. The first-order valence-corrected chi connectivity index (χ1v) is 6.81. The van der Waals surface area contributed by atoms with Crippen molar-refractivity contribution in [2.24, 2.45) is 0 Å². The van der Waals surface area contributed by atoms with Crippen LogP contribution in [0.5, 0.6) is 0 Å². The topological polar surface area (TPSA) is 29.9 Å². The number of hydrogen-bond donors (Lipinski definition) is 1. The van der Waals surface area contributed by atoms with E-state index in [0.717, 1.165) is 25.2 Å². The molecule has 0 aliphatic carbocycles. The highest BCUT2D eigenvalue weighted by Crippen LogP contribution is 2.19. The van der Waals surface area contributed by atoms with Gasteiger partial charge in [0.2, 0.25) is 0 Å². The summed E-state index contributed by atoms with van der Waals surface area (Å²) in [6.07, 6.45) is 2.88. The molecule has 2 aromatic rings. The van der Waals surface area contributed by atoms with E-state index in [1.165, 1.54) is 10.9 Å².